The van der Waals surface area contributed by atoms with E-state index in [-0.39, 0.29) is 0 Å². The summed E-state index contributed by atoms with van der Waals surface area (Å²) in [5, 5.41) is 19.4. The van der Waals surface area contributed by atoms with Crippen LogP contribution in [0.1, 0.15) is 34.6 Å². The van der Waals surface area contributed by atoms with Crippen molar-refractivity contribution >= 4 is 11.9 Å². The SMILES string of the molecule is CC(C)(CO)NC(=O)c1c(F)cc(F)cc1F.O=C(O)c1c(F)cc(F)cc1F. The Morgan fingerprint density at radius 1 is 0.828 bits per heavy atom. The number of carbonyl (C=O) groups excluding carboxylic acids is 1. The van der Waals surface area contributed by atoms with Crippen LogP contribution in [0.5, 0.6) is 0 Å². The maximum Gasteiger partial charge on any atom is 0.341 e. The maximum absolute atomic E-state index is 13.2. The number of aromatic carboxylic acids is 1. The molecule has 0 saturated heterocycles. The van der Waals surface area contributed by atoms with Gasteiger partial charge in [0.15, 0.2) is 0 Å². The Kier molecular flexibility index (Phi) is 7.78. The molecule has 2 rings (SSSR count). The van der Waals surface area contributed by atoms with E-state index in [1.165, 1.54) is 13.8 Å². The molecule has 5 nitrogen and oxygen atoms in total. The first-order valence-electron chi connectivity index (χ1n) is 7.74. The zero-order chi connectivity index (χ0) is 22.5. The Hall–Kier alpha value is -3.08. The van der Waals surface area contributed by atoms with E-state index in [2.05, 4.69) is 5.32 Å². The molecule has 0 radical (unpaired) electrons. The van der Waals surface area contributed by atoms with E-state index >= 15 is 0 Å². The molecule has 0 unspecified atom stereocenters. The first-order valence-corrected chi connectivity index (χ1v) is 7.74. The lowest BCUT2D eigenvalue weighted by molar-refractivity contribution is 0.0685. The largest absolute Gasteiger partial charge is 0.477 e. The zero-order valence-corrected chi connectivity index (χ0v) is 15.0. The highest BCUT2D eigenvalue weighted by molar-refractivity contribution is 5.95. The molecule has 158 valence electrons. The van der Waals surface area contributed by atoms with Gasteiger partial charge < -0.3 is 15.5 Å². The normalized spacial score (nSPS) is 10.8. The summed E-state index contributed by atoms with van der Waals surface area (Å²) in [6.45, 7) is 2.55. The van der Waals surface area contributed by atoms with Crippen LogP contribution in [-0.4, -0.2) is 34.2 Å². The minimum absolute atomic E-state index is 0.312. The van der Waals surface area contributed by atoms with Crippen molar-refractivity contribution in [3.63, 3.8) is 0 Å². The van der Waals surface area contributed by atoms with Crippen LogP contribution in [0.25, 0.3) is 0 Å². The number of carboxylic acids is 1. The Bertz CT molecular complexity index is 887. The van der Waals surface area contributed by atoms with Gasteiger partial charge >= 0.3 is 5.97 Å². The molecule has 2 aromatic rings. The molecule has 0 saturated carbocycles. The summed E-state index contributed by atoms with van der Waals surface area (Å²) in [5.74, 6) is -10.4. The summed E-state index contributed by atoms with van der Waals surface area (Å²) < 4.78 is 76.3. The molecule has 0 atom stereocenters. The number of nitrogens with one attached hydrogen (secondary N) is 1. The fourth-order valence-corrected chi connectivity index (χ4v) is 1.92. The Morgan fingerprint density at radius 3 is 1.48 bits per heavy atom. The van der Waals surface area contributed by atoms with Crippen molar-refractivity contribution < 1.29 is 46.1 Å². The van der Waals surface area contributed by atoms with Gasteiger partial charge in [0.25, 0.3) is 5.91 Å². The van der Waals surface area contributed by atoms with Crippen LogP contribution in [0.2, 0.25) is 0 Å². The molecule has 0 aliphatic heterocycles. The summed E-state index contributed by atoms with van der Waals surface area (Å²) in [7, 11) is 0. The third-order valence-corrected chi connectivity index (χ3v) is 3.30. The average molecular weight is 423 g/mol. The molecule has 0 heterocycles. The molecule has 0 aliphatic carbocycles. The van der Waals surface area contributed by atoms with E-state index in [1.54, 1.807) is 0 Å². The van der Waals surface area contributed by atoms with Crippen LogP contribution in [-0.2, 0) is 0 Å². The highest BCUT2D eigenvalue weighted by atomic mass is 19.2. The second-order valence-electron chi connectivity index (χ2n) is 6.29. The second kappa shape index (κ2) is 9.41. The Balaban J connectivity index is 0.000000308. The standard InChI is InChI=1S/C11H12F3NO2.C7H3F3O2/c1-11(2,5-16)15-10(17)9-7(13)3-6(12)4-8(9)14;8-3-1-4(9)6(7(11)12)5(10)2-3/h3-4,16H,5H2,1-2H3,(H,15,17);1-2H,(H,11,12). The molecule has 0 aliphatic rings. The van der Waals surface area contributed by atoms with Crippen LogP contribution in [0.4, 0.5) is 26.3 Å². The molecule has 2 aromatic carbocycles. The van der Waals surface area contributed by atoms with Gasteiger partial charge in [-0.2, -0.15) is 0 Å². The molecule has 3 N–H and O–H groups in total. The van der Waals surface area contributed by atoms with Crippen LogP contribution in [0.3, 0.4) is 0 Å². The molecule has 1 amide bonds. The van der Waals surface area contributed by atoms with Gasteiger partial charge in [-0.1, -0.05) is 0 Å². The topological polar surface area (TPSA) is 86.6 Å². The predicted octanol–water partition coefficient (Wildman–Crippen LogP) is 3.41. The number of rotatable bonds is 4. The third-order valence-electron chi connectivity index (χ3n) is 3.30. The Labute approximate surface area is 160 Å². The maximum atomic E-state index is 13.2. The number of hydrogen-bond donors (Lipinski definition) is 3. The van der Waals surface area contributed by atoms with Crippen molar-refractivity contribution in [3.05, 3.63) is 70.3 Å². The number of halogens is 6. The first-order chi connectivity index (χ1) is 13.3. The van der Waals surface area contributed by atoms with Crippen molar-refractivity contribution in [1.29, 1.82) is 0 Å². The van der Waals surface area contributed by atoms with E-state index in [0.717, 1.165) is 0 Å². The monoisotopic (exact) mass is 423 g/mol. The van der Waals surface area contributed by atoms with Crippen molar-refractivity contribution in [3.8, 4) is 0 Å². The number of aliphatic hydroxyl groups is 1. The smallest absolute Gasteiger partial charge is 0.341 e. The lowest BCUT2D eigenvalue weighted by Crippen LogP contribution is -2.46. The van der Waals surface area contributed by atoms with Crippen LogP contribution >= 0.6 is 0 Å². The highest BCUT2D eigenvalue weighted by Crippen LogP contribution is 2.16. The summed E-state index contributed by atoms with van der Waals surface area (Å²) in [6.07, 6.45) is 0. The zero-order valence-electron chi connectivity index (χ0n) is 15.0. The average Bonchev–Trinajstić information content (AvgIpc) is 2.52. The molecule has 29 heavy (non-hydrogen) atoms. The lowest BCUT2D eigenvalue weighted by Gasteiger charge is -2.23. The van der Waals surface area contributed by atoms with E-state index in [4.69, 9.17) is 10.2 Å². The van der Waals surface area contributed by atoms with Crippen molar-refractivity contribution in [2.75, 3.05) is 6.61 Å². The van der Waals surface area contributed by atoms with E-state index in [0.29, 0.717) is 24.3 Å². The quantitative estimate of drug-likeness (QED) is 0.658. The van der Waals surface area contributed by atoms with Crippen LogP contribution in [0.15, 0.2) is 24.3 Å². The summed E-state index contributed by atoms with van der Waals surface area (Å²) >= 11 is 0. The van der Waals surface area contributed by atoms with Gasteiger partial charge in [0, 0.05) is 24.3 Å². The van der Waals surface area contributed by atoms with Crippen molar-refractivity contribution in [2.45, 2.75) is 19.4 Å². The van der Waals surface area contributed by atoms with Crippen LogP contribution in [0, 0.1) is 34.9 Å². The number of benzene rings is 2. The molecule has 0 aromatic heterocycles. The molecular weight excluding hydrogens is 408 g/mol. The van der Waals surface area contributed by atoms with Crippen molar-refractivity contribution in [1.82, 2.24) is 5.32 Å². The van der Waals surface area contributed by atoms with Gasteiger partial charge in [-0.3, -0.25) is 4.79 Å². The van der Waals surface area contributed by atoms with Gasteiger partial charge in [-0.15, -0.1) is 0 Å². The molecule has 11 heteroatoms. The van der Waals surface area contributed by atoms with Crippen LogP contribution < -0.4 is 5.32 Å². The summed E-state index contributed by atoms with van der Waals surface area (Å²) in [5.41, 5.74) is -3.03. The number of carbonyl (C=O) groups is 2. The third kappa shape index (κ3) is 6.49. The summed E-state index contributed by atoms with van der Waals surface area (Å²) in [6, 6.07) is 1.47. The van der Waals surface area contributed by atoms with Gasteiger partial charge in [-0.05, 0) is 13.8 Å². The van der Waals surface area contributed by atoms with Crippen molar-refractivity contribution in [2.24, 2.45) is 0 Å². The van der Waals surface area contributed by atoms with Gasteiger partial charge in [-0.25, -0.2) is 31.1 Å². The fourth-order valence-electron chi connectivity index (χ4n) is 1.92. The first kappa shape index (κ1) is 24.0. The molecule has 0 bridgehead atoms. The number of aliphatic hydroxyl groups excluding tert-OH is 1. The highest BCUT2D eigenvalue weighted by Gasteiger charge is 2.25. The molecule has 0 spiro atoms. The summed E-state index contributed by atoms with van der Waals surface area (Å²) in [4.78, 5) is 21.7. The lowest BCUT2D eigenvalue weighted by atomic mass is 10.1. The van der Waals surface area contributed by atoms with E-state index in [1.807, 2.05) is 0 Å². The number of hydrogen-bond acceptors (Lipinski definition) is 3. The fraction of sp³-hybridized carbons (Fsp3) is 0.222. The second-order valence-corrected chi connectivity index (χ2v) is 6.29. The van der Waals surface area contributed by atoms with Gasteiger partial charge in [0.1, 0.15) is 46.0 Å². The molecule has 0 fully saturated rings. The Morgan fingerprint density at radius 2 is 1.17 bits per heavy atom. The van der Waals surface area contributed by atoms with Gasteiger partial charge in [0.2, 0.25) is 0 Å². The van der Waals surface area contributed by atoms with Gasteiger partial charge in [0.05, 0.1) is 12.1 Å². The molecular formula is C18H15F6NO4. The number of amides is 1. The minimum atomic E-state index is -1.76. The van der Waals surface area contributed by atoms with E-state index in [9.17, 15) is 35.9 Å². The van der Waals surface area contributed by atoms with E-state index < -0.39 is 70.1 Å². The minimum Gasteiger partial charge on any atom is -0.477 e. The predicted molar refractivity (Wildman–Crippen MR) is 88.2 cm³/mol. The number of carboxylic acid groups (broad SMARTS) is 1.